The van der Waals surface area contributed by atoms with Crippen LogP contribution in [0.4, 0.5) is 0 Å². The zero-order valence-electron chi connectivity index (χ0n) is 29.4. The van der Waals surface area contributed by atoms with Crippen LogP contribution in [-0.4, -0.2) is 57.3 Å². The Morgan fingerprint density at radius 2 is 0.933 bits per heavy atom. The zero-order chi connectivity index (χ0) is 33.2. The van der Waals surface area contributed by atoms with Gasteiger partial charge in [0.15, 0.2) is 0 Å². The molecule has 0 bridgehead atoms. The van der Waals surface area contributed by atoms with Crippen molar-refractivity contribution in [2.24, 2.45) is 0 Å². The molecule has 4 unspecified atom stereocenters. The molecule has 4 atom stereocenters. The summed E-state index contributed by atoms with van der Waals surface area (Å²) in [5.74, 6) is -0.601. The van der Waals surface area contributed by atoms with Crippen LogP contribution < -0.4 is 5.32 Å². The molecule has 264 valence electrons. The summed E-state index contributed by atoms with van der Waals surface area (Å²) in [6, 6.07) is -1.01. The van der Waals surface area contributed by atoms with Gasteiger partial charge in [0.25, 0.3) is 0 Å². The summed E-state index contributed by atoms with van der Waals surface area (Å²) in [7, 11) is 0. The number of aliphatic hydroxyl groups is 4. The molecule has 6 heteroatoms. The minimum absolute atomic E-state index is 0.360. The number of hydrogen-bond acceptors (Lipinski definition) is 5. The highest BCUT2D eigenvalue weighted by molar-refractivity contribution is 5.80. The molecule has 6 nitrogen and oxygen atoms in total. The number of hydrogen-bond donors (Lipinski definition) is 5. The lowest BCUT2D eigenvalue weighted by molar-refractivity contribution is -0.132. The number of carbonyl (C=O) groups excluding carboxylic acids is 1. The van der Waals surface area contributed by atoms with Crippen molar-refractivity contribution in [3.63, 3.8) is 0 Å². The summed E-state index contributed by atoms with van der Waals surface area (Å²) in [5.41, 5.74) is 0. The Morgan fingerprint density at radius 1 is 0.533 bits per heavy atom. The lowest BCUT2D eigenvalue weighted by Crippen LogP contribution is -2.53. The van der Waals surface area contributed by atoms with Gasteiger partial charge in [0.1, 0.15) is 12.2 Å². The Morgan fingerprint density at radius 3 is 1.38 bits per heavy atom. The van der Waals surface area contributed by atoms with Crippen molar-refractivity contribution in [2.75, 3.05) is 6.61 Å². The maximum atomic E-state index is 12.4. The van der Waals surface area contributed by atoms with Crippen LogP contribution >= 0.6 is 0 Å². The molecule has 1 amide bonds. The van der Waals surface area contributed by atoms with E-state index < -0.39 is 36.9 Å². The normalized spacial score (nSPS) is 14.9. The van der Waals surface area contributed by atoms with E-state index >= 15 is 0 Å². The Kier molecular flexibility index (Phi) is 32.8. The number of rotatable bonds is 33. The van der Waals surface area contributed by atoms with Gasteiger partial charge >= 0.3 is 0 Å². The lowest BCUT2D eigenvalue weighted by Gasteiger charge is -2.27. The summed E-state index contributed by atoms with van der Waals surface area (Å²) < 4.78 is 0. The van der Waals surface area contributed by atoms with Crippen LogP contribution in [0.15, 0.2) is 36.5 Å². The van der Waals surface area contributed by atoms with Crippen LogP contribution in [-0.2, 0) is 4.79 Å². The highest BCUT2D eigenvalue weighted by Crippen LogP contribution is 2.15. The largest absolute Gasteiger partial charge is 0.394 e. The molecule has 5 N–H and O–H groups in total. The van der Waals surface area contributed by atoms with Crippen molar-refractivity contribution >= 4 is 5.91 Å². The molecule has 0 saturated carbocycles. The van der Waals surface area contributed by atoms with E-state index in [9.17, 15) is 25.2 Å². The van der Waals surface area contributed by atoms with E-state index in [4.69, 9.17) is 0 Å². The Balaban J connectivity index is 3.90. The van der Waals surface area contributed by atoms with Gasteiger partial charge in [-0.2, -0.15) is 0 Å². The topological polar surface area (TPSA) is 110 Å². The Hall–Kier alpha value is -1.47. The third-order valence-corrected chi connectivity index (χ3v) is 8.56. The summed E-state index contributed by atoms with van der Waals surface area (Å²) in [4.78, 5) is 12.4. The SMILES string of the molecule is CCCC/C=C/CC/C=C/CC/C=C/CCCC(O)C(O)C(CO)NC(=O)C(O)CCCCCCCCCCCCCCCC. The van der Waals surface area contributed by atoms with E-state index in [-0.39, 0.29) is 0 Å². The average Bonchev–Trinajstić information content (AvgIpc) is 3.04. The lowest BCUT2D eigenvalue weighted by atomic mass is 10.00. The van der Waals surface area contributed by atoms with Crippen molar-refractivity contribution in [3.8, 4) is 0 Å². The number of amides is 1. The molecular formula is C39H73NO5. The number of allylic oxidation sites excluding steroid dienone is 6. The van der Waals surface area contributed by atoms with Gasteiger partial charge in [0.2, 0.25) is 5.91 Å². The van der Waals surface area contributed by atoms with E-state index in [1.165, 1.54) is 89.9 Å². The number of unbranched alkanes of at least 4 members (excludes halogenated alkanes) is 18. The van der Waals surface area contributed by atoms with Gasteiger partial charge in [-0.25, -0.2) is 0 Å². The minimum Gasteiger partial charge on any atom is -0.394 e. The van der Waals surface area contributed by atoms with E-state index in [1.54, 1.807) is 0 Å². The summed E-state index contributed by atoms with van der Waals surface area (Å²) in [5, 5.41) is 43.4. The fourth-order valence-electron chi connectivity index (χ4n) is 5.48. The quantitative estimate of drug-likeness (QED) is 0.0365. The molecule has 0 saturated heterocycles. The molecule has 0 aliphatic rings. The number of nitrogens with one attached hydrogen (secondary N) is 1. The third-order valence-electron chi connectivity index (χ3n) is 8.56. The van der Waals surface area contributed by atoms with Crippen LogP contribution in [0.2, 0.25) is 0 Å². The van der Waals surface area contributed by atoms with Crippen molar-refractivity contribution in [1.82, 2.24) is 5.32 Å². The first-order valence-corrected chi connectivity index (χ1v) is 18.9. The number of aliphatic hydroxyl groups excluding tert-OH is 4. The zero-order valence-corrected chi connectivity index (χ0v) is 29.4. The monoisotopic (exact) mass is 636 g/mol. The second kappa shape index (κ2) is 33.9. The standard InChI is InChI=1S/C39H73NO5/c1-3-5-7-9-11-13-15-17-19-21-22-24-26-28-30-32-36(42)38(44)35(34-41)40-39(45)37(43)33-31-29-27-25-23-20-18-16-14-12-10-8-6-4-2/h9,11,17,19,24,26,35-38,41-44H,3-8,10,12-16,18,20-23,25,27-34H2,1-2H3,(H,40,45)/b11-9+,19-17+,26-24+. The fourth-order valence-corrected chi connectivity index (χ4v) is 5.48. The first-order chi connectivity index (χ1) is 22.0. The van der Waals surface area contributed by atoms with Gasteiger partial charge in [-0.05, 0) is 57.8 Å². The predicted octanol–water partition coefficient (Wildman–Crippen LogP) is 9.01. The van der Waals surface area contributed by atoms with E-state index in [0.29, 0.717) is 19.3 Å². The number of carbonyl (C=O) groups is 1. The minimum atomic E-state index is -1.29. The highest BCUT2D eigenvalue weighted by atomic mass is 16.3. The van der Waals surface area contributed by atoms with E-state index in [1.807, 2.05) is 0 Å². The van der Waals surface area contributed by atoms with Gasteiger partial charge < -0.3 is 25.7 Å². The third kappa shape index (κ3) is 28.5. The molecule has 45 heavy (non-hydrogen) atoms. The van der Waals surface area contributed by atoms with Crippen LogP contribution in [0.3, 0.4) is 0 Å². The van der Waals surface area contributed by atoms with Crippen LogP contribution in [0.25, 0.3) is 0 Å². The van der Waals surface area contributed by atoms with Gasteiger partial charge in [0.05, 0.1) is 18.8 Å². The molecule has 0 heterocycles. The molecule has 0 aliphatic heterocycles. The van der Waals surface area contributed by atoms with Crippen LogP contribution in [0.5, 0.6) is 0 Å². The summed E-state index contributed by atoms with van der Waals surface area (Å²) in [6.07, 6.45) is 37.3. The van der Waals surface area contributed by atoms with Crippen molar-refractivity contribution < 1.29 is 25.2 Å². The second-order valence-electron chi connectivity index (χ2n) is 12.9. The Labute approximate surface area is 277 Å². The first-order valence-electron chi connectivity index (χ1n) is 18.9. The maximum Gasteiger partial charge on any atom is 0.249 e. The smallest absolute Gasteiger partial charge is 0.249 e. The van der Waals surface area contributed by atoms with Crippen molar-refractivity contribution in [3.05, 3.63) is 36.5 Å². The average molecular weight is 636 g/mol. The molecule has 0 aromatic carbocycles. The van der Waals surface area contributed by atoms with Crippen LogP contribution in [0.1, 0.15) is 174 Å². The molecule has 0 rings (SSSR count). The Bertz CT molecular complexity index is 722. The predicted molar refractivity (Wildman–Crippen MR) is 191 cm³/mol. The van der Waals surface area contributed by atoms with E-state index in [2.05, 4.69) is 55.6 Å². The maximum absolute atomic E-state index is 12.4. The summed E-state index contributed by atoms with van der Waals surface area (Å²) >= 11 is 0. The molecule has 0 aromatic rings. The fraction of sp³-hybridized carbons (Fsp3) is 0.821. The first kappa shape index (κ1) is 43.5. The van der Waals surface area contributed by atoms with Gasteiger partial charge in [0, 0.05) is 0 Å². The summed E-state index contributed by atoms with van der Waals surface area (Å²) in [6.45, 7) is 3.97. The molecular weight excluding hydrogens is 562 g/mol. The van der Waals surface area contributed by atoms with Gasteiger partial charge in [-0.1, -0.05) is 153 Å². The van der Waals surface area contributed by atoms with Crippen molar-refractivity contribution in [1.29, 1.82) is 0 Å². The van der Waals surface area contributed by atoms with Gasteiger partial charge in [-0.3, -0.25) is 4.79 Å². The van der Waals surface area contributed by atoms with Crippen molar-refractivity contribution in [2.45, 2.75) is 199 Å². The molecule has 0 aromatic heterocycles. The van der Waals surface area contributed by atoms with E-state index in [0.717, 1.165) is 51.4 Å². The van der Waals surface area contributed by atoms with Gasteiger partial charge in [-0.15, -0.1) is 0 Å². The molecule has 0 fully saturated rings. The molecule has 0 spiro atoms. The second-order valence-corrected chi connectivity index (χ2v) is 12.9. The highest BCUT2D eigenvalue weighted by Gasteiger charge is 2.28. The van der Waals surface area contributed by atoms with Crippen LogP contribution in [0, 0.1) is 0 Å². The molecule has 0 radical (unpaired) electrons. The molecule has 0 aliphatic carbocycles.